The summed E-state index contributed by atoms with van der Waals surface area (Å²) in [6.45, 7) is 0.755. The van der Waals surface area contributed by atoms with Crippen LogP contribution in [-0.4, -0.2) is 52.3 Å². The monoisotopic (exact) mass is 473 g/mol. The summed E-state index contributed by atoms with van der Waals surface area (Å²) in [7, 11) is 1.59. The maximum atomic E-state index is 12.3. The molecule has 3 heterocycles. The maximum Gasteiger partial charge on any atom is 0.405 e. The third-order valence-electron chi connectivity index (χ3n) is 5.36. The van der Waals surface area contributed by atoms with Crippen molar-refractivity contribution in [3.63, 3.8) is 0 Å². The van der Waals surface area contributed by atoms with Gasteiger partial charge in [-0.3, -0.25) is 14.8 Å². The van der Waals surface area contributed by atoms with Gasteiger partial charge in [0.15, 0.2) is 0 Å². The van der Waals surface area contributed by atoms with Crippen molar-refractivity contribution in [2.75, 3.05) is 20.3 Å². The van der Waals surface area contributed by atoms with Gasteiger partial charge in [0.05, 0.1) is 25.5 Å². The lowest BCUT2D eigenvalue weighted by atomic mass is 10.1. The van der Waals surface area contributed by atoms with Crippen LogP contribution in [-0.2, 0) is 0 Å². The van der Waals surface area contributed by atoms with Gasteiger partial charge in [-0.2, -0.15) is 18.2 Å². The van der Waals surface area contributed by atoms with E-state index in [1.165, 1.54) is 12.3 Å². The number of carbonyl (C=O) groups excluding carboxylic acids is 1. The molecule has 0 saturated heterocycles. The van der Waals surface area contributed by atoms with Crippen molar-refractivity contribution < 1.29 is 27.4 Å². The molecule has 0 aliphatic heterocycles. The number of amides is 1. The van der Waals surface area contributed by atoms with Crippen LogP contribution in [0.15, 0.2) is 42.9 Å². The Morgan fingerprint density at radius 2 is 1.94 bits per heavy atom. The van der Waals surface area contributed by atoms with Crippen LogP contribution in [0.5, 0.6) is 11.6 Å². The van der Waals surface area contributed by atoms with Crippen molar-refractivity contribution >= 4 is 5.91 Å². The van der Waals surface area contributed by atoms with E-state index >= 15 is 0 Å². The molecule has 3 aromatic rings. The molecule has 178 valence electrons. The third kappa shape index (κ3) is 5.77. The number of nitrogens with one attached hydrogen (secondary N) is 1. The van der Waals surface area contributed by atoms with Crippen LogP contribution in [0.25, 0.3) is 11.1 Å². The van der Waals surface area contributed by atoms with Gasteiger partial charge in [0.1, 0.15) is 23.8 Å². The Labute approximate surface area is 193 Å². The summed E-state index contributed by atoms with van der Waals surface area (Å²) in [5.74, 6) is 1.29. The number of alkyl halides is 3. The molecule has 1 saturated carbocycles. The summed E-state index contributed by atoms with van der Waals surface area (Å²) >= 11 is 0. The molecule has 4 rings (SSSR count). The second-order valence-corrected chi connectivity index (χ2v) is 7.90. The van der Waals surface area contributed by atoms with Crippen molar-refractivity contribution in [2.45, 2.75) is 25.4 Å². The van der Waals surface area contributed by atoms with Crippen molar-refractivity contribution in [1.29, 1.82) is 0 Å². The molecule has 1 amide bonds. The molecule has 1 aliphatic carbocycles. The van der Waals surface area contributed by atoms with Crippen molar-refractivity contribution in [3.05, 3.63) is 60.1 Å². The largest absolute Gasteiger partial charge is 0.495 e. The number of halogens is 3. The topological polar surface area (TPSA) is 99.1 Å². The molecule has 0 spiro atoms. The predicted octanol–water partition coefficient (Wildman–Crippen LogP) is 3.73. The molecule has 0 aromatic carbocycles. The molecule has 34 heavy (non-hydrogen) atoms. The number of hydrogen-bond donors (Lipinski definition) is 1. The molecule has 0 bridgehead atoms. The van der Waals surface area contributed by atoms with Crippen LogP contribution in [0.4, 0.5) is 13.2 Å². The second-order valence-electron chi connectivity index (χ2n) is 7.90. The van der Waals surface area contributed by atoms with E-state index < -0.39 is 18.6 Å². The van der Waals surface area contributed by atoms with E-state index in [2.05, 4.69) is 19.9 Å². The highest BCUT2D eigenvalue weighted by Crippen LogP contribution is 2.47. The van der Waals surface area contributed by atoms with Gasteiger partial charge < -0.3 is 14.8 Å². The van der Waals surface area contributed by atoms with E-state index in [1.54, 1.807) is 37.8 Å². The van der Waals surface area contributed by atoms with Gasteiger partial charge in [-0.25, -0.2) is 4.98 Å². The number of hydrogen-bond acceptors (Lipinski definition) is 7. The van der Waals surface area contributed by atoms with Crippen molar-refractivity contribution in [1.82, 2.24) is 25.3 Å². The minimum atomic E-state index is -4.49. The number of aromatic nitrogens is 4. The Balaban J connectivity index is 1.41. The summed E-state index contributed by atoms with van der Waals surface area (Å²) in [5.41, 5.74) is 2.00. The predicted molar refractivity (Wildman–Crippen MR) is 116 cm³/mol. The SMILES string of the molecule is COc1ccc([C@H]2C[C@@H]2COc2nc(C)ncc2-c2ccc(C(=O)NCC(F)(F)F)nc2)nc1. The number of aryl methyl sites for hydroxylation is 1. The van der Waals surface area contributed by atoms with Crippen LogP contribution < -0.4 is 14.8 Å². The Kier molecular flexibility index (Phi) is 6.62. The fourth-order valence-electron chi connectivity index (χ4n) is 3.43. The van der Waals surface area contributed by atoms with Crippen molar-refractivity contribution in [3.8, 4) is 22.8 Å². The lowest BCUT2D eigenvalue weighted by Gasteiger charge is -2.11. The van der Waals surface area contributed by atoms with Gasteiger partial charge in [-0.15, -0.1) is 0 Å². The highest BCUT2D eigenvalue weighted by molar-refractivity contribution is 5.92. The van der Waals surface area contributed by atoms with Crippen LogP contribution in [0, 0.1) is 12.8 Å². The number of ether oxygens (including phenoxy) is 2. The maximum absolute atomic E-state index is 12.3. The molecule has 8 nitrogen and oxygen atoms in total. The minimum absolute atomic E-state index is 0.128. The minimum Gasteiger partial charge on any atom is -0.495 e. The summed E-state index contributed by atoms with van der Waals surface area (Å²) < 4.78 is 48.1. The number of pyridine rings is 2. The first-order valence-corrected chi connectivity index (χ1v) is 10.5. The average molecular weight is 473 g/mol. The van der Waals surface area contributed by atoms with Gasteiger partial charge >= 0.3 is 6.18 Å². The first-order valence-electron chi connectivity index (χ1n) is 10.5. The first-order chi connectivity index (χ1) is 16.2. The summed E-state index contributed by atoms with van der Waals surface area (Å²) in [5, 5.41) is 1.79. The zero-order valence-corrected chi connectivity index (χ0v) is 18.5. The molecule has 1 fully saturated rings. The summed E-state index contributed by atoms with van der Waals surface area (Å²) in [4.78, 5) is 28.9. The highest BCUT2D eigenvalue weighted by atomic mass is 19.4. The van der Waals surface area contributed by atoms with E-state index in [1.807, 2.05) is 12.1 Å². The quantitative estimate of drug-likeness (QED) is 0.532. The van der Waals surface area contributed by atoms with Gasteiger partial charge in [0.2, 0.25) is 5.88 Å². The standard InChI is InChI=1S/C23H22F3N5O3/c1-13-27-10-18(14-3-5-20(28-8-14)21(32)30-12-23(24,25)26)22(31-13)34-11-15-7-17(15)19-6-4-16(33-2)9-29-19/h3-6,8-10,15,17H,7,11-12H2,1-2H3,(H,30,32)/t15-,17+/m1/s1. The van der Waals surface area contributed by atoms with E-state index in [0.29, 0.717) is 47.0 Å². The normalized spacial score (nSPS) is 17.2. The van der Waals surface area contributed by atoms with E-state index in [9.17, 15) is 18.0 Å². The van der Waals surface area contributed by atoms with Crippen LogP contribution in [0.3, 0.4) is 0 Å². The number of carbonyl (C=O) groups is 1. The summed E-state index contributed by atoms with van der Waals surface area (Å²) in [6, 6.07) is 6.74. The highest BCUT2D eigenvalue weighted by Gasteiger charge is 2.40. The van der Waals surface area contributed by atoms with Crippen LogP contribution >= 0.6 is 0 Å². The molecular weight excluding hydrogens is 451 g/mol. The molecule has 0 radical (unpaired) electrons. The fraction of sp³-hybridized carbons (Fsp3) is 0.348. The number of nitrogens with zero attached hydrogens (tertiary/aromatic N) is 4. The first kappa shape index (κ1) is 23.4. The van der Waals surface area contributed by atoms with E-state index in [-0.39, 0.29) is 5.69 Å². The van der Waals surface area contributed by atoms with Crippen LogP contribution in [0.1, 0.15) is 34.3 Å². The molecular formula is C23H22F3N5O3. The molecule has 1 N–H and O–H groups in total. The third-order valence-corrected chi connectivity index (χ3v) is 5.36. The smallest absolute Gasteiger partial charge is 0.405 e. The zero-order chi connectivity index (χ0) is 24.3. The Bertz CT molecular complexity index is 1150. The lowest BCUT2D eigenvalue weighted by Crippen LogP contribution is -2.34. The van der Waals surface area contributed by atoms with Gasteiger partial charge in [0.25, 0.3) is 5.91 Å². The Morgan fingerprint density at radius 1 is 1.12 bits per heavy atom. The van der Waals surface area contributed by atoms with Crippen molar-refractivity contribution in [2.24, 2.45) is 5.92 Å². The van der Waals surface area contributed by atoms with Gasteiger partial charge in [-0.1, -0.05) is 6.07 Å². The zero-order valence-electron chi connectivity index (χ0n) is 18.5. The molecule has 2 atom stereocenters. The van der Waals surface area contributed by atoms with E-state index in [4.69, 9.17) is 9.47 Å². The average Bonchev–Trinajstić information content (AvgIpc) is 3.61. The fourth-order valence-corrected chi connectivity index (χ4v) is 3.43. The molecule has 3 aromatic heterocycles. The summed E-state index contributed by atoms with van der Waals surface area (Å²) in [6.07, 6.45) is 1.11. The molecule has 1 aliphatic rings. The van der Waals surface area contributed by atoms with Gasteiger partial charge in [-0.05, 0) is 31.5 Å². The van der Waals surface area contributed by atoms with E-state index in [0.717, 1.165) is 12.1 Å². The second kappa shape index (κ2) is 9.62. The van der Waals surface area contributed by atoms with Gasteiger partial charge in [0, 0.05) is 35.5 Å². The molecule has 11 heteroatoms. The number of methoxy groups -OCH3 is 1. The Hall–Kier alpha value is -3.76. The molecule has 0 unspecified atom stereocenters. The Morgan fingerprint density at radius 3 is 2.59 bits per heavy atom. The lowest BCUT2D eigenvalue weighted by molar-refractivity contribution is -0.123. The number of rotatable bonds is 8. The van der Waals surface area contributed by atoms with Crippen LogP contribution in [0.2, 0.25) is 0 Å².